The molecule has 6 heteroatoms. The first-order chi connectivity index (χ1) is 7.54. The van der Waals surface area contributed by atoms with E-state index < -0.39 is 5.82 Å². The van der Waals surface area contributed by atoms with Crippen molar-refractivity contribution in [1.29, 1.82) is 0 Å². The molecule has 0 saturated carbocycles. The summed E-state index contributed by atoms with van der Waals surface area (Å²) in [6.07, 6.45) is 1.09. The Hall–Kier alpha value is -1.43. The third-order valence-corrected chi connectivity index (χ3v) is 2.60. The molecule has 0 aromatic carbocycles. The highest BCUT2D eigenvalue weighted by Crippen LogP contribution is 2.14. The molecule has 0 spiro atoms. The zero-order chi connectivity index (χ0) is 12.1. The molecule has 1 rings (SSSR count). The average molecular weight is 227 g/mol. The van der Waals surface area contributed by atoms with Crippen molar-refractivity contribution in [1.82, 2.24) is 9.97 Å². The molecule has 0 aliphatic rings. The van der Waals surface area contributed by atoms with Crippen LogP contribution in [0.2, 0.25) is 0 Å². The maximum Gasteiger partial charge on any atom is 0.239 e. The van der Waals surface area contributed by atoms with Gasteiger partial charge in [0.1, 0.15) is 0 Å². The van der Waals surface area contributed by atoms with Crippen LogP contribution in [0.25, 0.3) is 0 Å². The number of anilines is 2. The van der Waals surface area contributed by atoms with Crippen LogP contribution in [0.3, 0.4) is 0 Å². The van der Waals surface area contributed by atoms with Crippen LogP contribution in [-0.2, 0) is 0 Å². The van der Waals surface area contributed by atoms with Gasteiger partial charge < -0.3 is 5.32 Å². The molecule has 0 bridgehead atoms. The van der Waals surface area contributed by atoms with E-state index in [4.69, 9.17) is 5.84 Å². The maximum atomic E-state index is 13.3. The predicted octanol–water partition coefficient (Wildman–Crippen LogP) is 1.61. The summed E-state index contributed by atoms with van der Waals surface area (Å²) in [4.78, 5) is 7.55. The molecule has 1 aromatic rings. The van der Waals surface area contributed by atoms with E-state index in [0.717, 1.165) is 6.20 Å². The third-order valence-electron chi connectivity index (χ3n) is 2.60. The number of nitrogen functional groups attached to an aromatic ring is 1. The van der Waals surface area contributed by atoms with Crippen molar-refractivity contribution in [2.24, 2.45) is 17.7 Å². The number of nitrogens with zero attached hydrogens (tertiary/aromatic N) is 2. The highest BCUT2D eigenvalue weighted by Gasteiger charge is 2.10. The van der Waals surface area contributed by atoms with Gasteiger partial charge in [-0.15, -0.1) is 0 Å². The second kappa shape index (κ2) is 5.60. The van der Waals surface area contributed by atoms with E-state index in [0.29, 0.717) is 18.4 Å². The molecule has 1 atom stereocenters. The normalized spacial score (nSPS) is 12.6. The highest BCUT2D eigenvalue weighted by molar-refractivity contribution is 5.40. The van der Waals surface area contributed by atoms with E-state index in [9.17, 15) is 4.39 Å². The van der Waals surface area contributed by atoms with E-state index in [1.165, 1.54) is 0 Å². The summed E-state index contributed by atoms with van der Waals surface area (Å²) in [5, 5.41) is 2.95. The van der Waals surface area contributed by atoms with Crippen molar-refractivity contribution in [3.05, 3.63) is 12.0 Å². The molecular weight excluding hydrogens is 209 g/mol. The Balaban J connectivity index is 2.65. The molecule has 16 heavy (non-hydrogen) atoms. The van der Waals surface area contributed by atoms with Crippen LogP contribution >= 0.6 is 0 Å². The fourth-order valence-corrected chi connectivity index (χ4v) is 1.05. The van der Waals surface area contributed by atoms with Gasteiger partial charge >= 0.3 is 0 Å². The van der Waals surface area contributed by atoms with Gasteiger partial charge in [0.25, 0.3) is 0 Å². The standard InChI is InChI=1S/C10H18FN5/c1-6(2)7(3)4-13-9-8(11)5-14-10(15-9)16-12/h5-7H,4,12H2,1-3H3,(H2,13,14,15,16). The molecule has 90 valence electrons. The van der Waals surface area contributed by atoms with Crippen molar-refractivity contribution < 1.29 is 4.39 Å². The summed E-state index contributed by atoms with van der Waals surface area (Å²) in [6.45, 7) is 7.00. The Labute approximate surface area is 94.6 Å². The van der Waals surface area contributed by atoms with Gasteiger partial charge in [0, 0.05) is 6.54 Å². The molecule has 4 N–H and O–H groups in total. The molecule has 1 unspecified atom stereocenters. The minimum absolute atomic E-state index is 0.176. The lowest BCUT2D eigenvalue weighted by molar-refractivity contribution is 0.438. The van der Waals surface area contributed by atoms with Crippen LogP contribution in [-0.4, -0.2) is 16.5 Å². The van der Waals surface area contributed by atoms with Crippen LogP contribution in [0, 0.1) is 17.7 Å². The molecular formula is C10H18FN5. The smallest absolute Gasteiger partial charge is 0.239 e. The van der Waals surface area contributed by atoms with Gasteiger partial charge in [0.05, 0.1) is 6.20 Å². The summed E-state index contributed by atoms with van der Waals surface area (Å²) < 4.78 is 13.3. The monoisotopic (exact) mass is 227 g/mol. The quantitative estimate of drug-likeness (QED) is 0.526. The lowest BCUT2D eigenvalue weighted by Gasteiger charge is -2.16. The van der Waals surface area contributed by atoms with Crippen LogP contribution in [0.1, 0.15) is 20.8 Å². The summed E-state index contributed by atoms with van der Waals surface area (Å²) >= 11 is 0. The van der Waals surface area contributed by atoms with Crippen LogP contribution in [0.4, 0.5) is 16.2 Å². The minimum Gasteiger partial charge on any atom is -0.367 e. The Morgan fingerprint density at radius 3 is 2.69 bits per heavy atom. The van der Waals surface area contributed by atoms with Gasteiger partial charge in [-0.25, -0.2) is 15.2 Å². The Morgan fingerprint density at radius 1 is 1.44 bits per heavy atom. The second-order valence-electron chi connectivity index (χ2n) is 4.14. The molecule has 0 aliphatic carbocycles. The summed E-state index contributed by atoms with van der Waals surface area (Å²) in [6, 6.07) is 0. The van der Waals surface area contributed by atoms with E-state index in [2.05, 4.69) is 41.5 Å². The molecule has 0 saturated heterocycles. The first-order valence-corrected chi connectivity index (χ1v) is 5.27. The lowest BCUT2D eigenvalue weighted by atomic mass is 9.98. The minimum atomic E-state index is -0.477. The van der Waals surface area contributed by atoms with Gasteiger partial charge in [-0.1, -0.05) is 20.8 Å². The summed E-state index contributed by atoms with van der Waals surface area (Å²) in [5.41, 5.74) is 2.28. The van der Waals surface area contributed by atoms with Crippen LogP contribution in [0.15, 0.2) is 6.20 Å². The summed E-state index contributed by atoms with van der Waals surface area (Å²) in [5.74, 6) is 6.01. The molecule has 0 aliphatic heterocycles. The number of hydrogen-bond acceptors (Lipinski definition) is 5. The highest BCUT2D eigenvalue weighted by atomic mass is 19.1. The van der Waals surface area contributed by atoms with Gasteiger partial charge in [-0.05, 0) is 11.8 Å². The van der Waals surface area contributed by atoms with Crippen molar-refractivity contribution in [2.75, 3.05) is 17.3 Å². The zero-order valence-corrected chi connectivity index (χ0v) is 9.79. The zero-order valence-electron chi connectivity index (χ0n) is 9.79. The molecule has 0 fully saturated rings. The van der Waals surface area contributed by atoms with E-state index >= 15 is 0 Å². The number of aromatic nitrogens is 2. The van der Waals surface area contributed by atoms with E-state index in [1.54, 1.807) is 0 Å². The van der Waals surface area contributed by atoms with Crippen molar-refractivity contribution >= 4 is 11.8 Å². The van der Waals surface area contributed by atoms with Crippen molar-refractivity contribution in [2.45, 2.75) is 20.8 Å². The number of halogens is 1. The number of nitrogens with one attached hydrogen (secondary N) is 2. The van der Waals surface area contributed by atoms with Crippen LogP contribution in [0.5, 0.6) is 0 Å². The van der Waals surface area contributed by atoms with Gasteiger partial charge in [-0.3, -0.25) is 5.43 Å². The van der Waals surface area contributed by atoms with E-state index in [-0.39, 0.29) is 11.8 Å². The molecule has 0 amide bonds. The SMILES string of the molecule is CC(C)C(C)CNc1nc(NN)ncc1F. The Bertz CT molecular complexity index is 342. The molecule has 1 aromatic heterocycles. The largest absolute Gasteiger partial charge is 0.367 e. The number of hydrazine groups is 1. The van der Waals surface area contributed by atoms with Gasteiger partial charge in [0.15, 0.2) is 11.6 Å². The third kappa shape index (κ3) is 3.30. The summed E-state index contributed by atoms with van der Waals surface area (Å²) in [7, 11) is 0. The van der Waals surface area contributed by atoms with Gasteiger partial charge in [-0.2, -0.15) is 4.98 Å². The first-order valence-electron chi connectivity index (χ1n) is 5.27. The second-order valence-corrected chi connectivity index (χ2v) is 4.14. The van der Waals surface area contributed by atoms with E-state index in [1.807, 2.05) is 0 Å². The van der Waals surface area contributed by atoms with Crippen LogP contribution < -0.4 is 16.6 Å². The fourth-order valence-electron chi connectivity index (χ4n) is 1.05. The molecule has 1 heterocycles. The maximum absolute atomic E-state index is 13.3. The molecule has 5 nitrogen and oxygen atoms in total. The molecule has 0 radical (unpaired) electrons. The topological polar surface area (TPSA) is 75.9 Å². The number of nitrogens with two attached hydrogens (primary N) is 1. The Kier molecular flexibility index (Phi) is 4.42. The lowest BCUT2D eigenvalue weighted by Crippen LogP contribution is -2.19. The van der Waals surface area contributed by atoms with Gasteiger partial charge in [0.2, 0.25) is 5.95 Å². The number of rotatable bonds is 5. The van der Waals surface area contributed by atoms with Crippen molar-refractivity contribution in [3.8, 4) is 0 Å². The Morgan fingerprint density at radius 2 is 2.12 bits per heavy atom. The fraction of sp³-hybridized carbons (Fsp3) is 0.600. The number of hydrogen-bond donors (Lipinski definition) is 3. The predicted molar refractivity (Wildman–Crippen MR) is 62.3 cm³/mol. The first kappa shape index (κ1) is 12.6. The van der Waals surface area contributed by atoms with Crippen molar-refractivity contribution in [3.63, 3.8) is 0 Å². The average Bonchev–Trinajstić information content (AvgIpc) is 2.27.